The number of aldehydes is 1. The van der Waals surface area contributed by atoms with Gasteiger partial charge in [-0.25, -0.2) is 9.18 Å². The van der Waals surface area contributed by atoms with Crippen molar-refractivity contribution in [3.63, 3.8) is 0 Å². The molecule has 1 aromatic heterocycles. The molecule has 3 heterocycles. The van der Waals surface area contributed by atoms with Gasteiger partial charge in [-0.2, -0.15) is 0 Å². The molecule has 238 valence electrons. The Bertz CT molecular complexity index is 1390. The third-order valence-corrected chi connectivity index (χ3v) is 8.52. The number of hydrogen-bond acceptors (Lipinski definition) is 10. The van der Waals surface area contributed by atoms with E-state index in [2.05, 4.69) is 0 Å². The zero-order chi connectivity index (χ0) is 32.0. The molecule has 4 rings (SSSR count). The number of nitrogens with two attached hydrogens (primary N) is 1. The second-order valence-corrected chi connectivity index (χ2v) is 12.4. The Morgan fingerprint density at radius 1 is 1.25 bits per heavy atom. The number of cyclic esters (lactones) is 1. The monoisotopic (exact) mass is 652 g/mol. The number of esters is 1. The molecular weight excluding hydrogens is 619 g/mol. The van der Waals surface area contributed by atoms with Crippen LogP contribution < -0.4 is 15.5 Å². The summed E-state index contributed by atoms with van der Waals surface area (Å²) in [5.41, 5.74) is 6.20. The summed E-state index contributed by atoms with van der Waals surface area (Å²) >= 11 is 7.12. The lowest BCUT2D eigenvalue weighted by Gasteiger charge is -2.32. The van der Waals surface area contributed by atoms with Crippen LogP contribution in [-0.4, -0.2) is 92.7 Å². The number of thiophene rings is 1. The first-order valence-electron chi connectivity index (χ1n) is 14.1. The lowest BCUT2D eigenvalue weighted by Crippen LogP contribution is -2.48. The molecule has 3 amide bonds. The van der Waals surface area contributed by atoms with Crippen LogP contribution in [0.3, 0.4) is 0 Å². The van der Waals surface area contributed by atoms with Crippen LogP contribution in [0.5, 0.6) is 0 Å². The largest absolute Gasteiger partial charge is 0.462 e. The molecule has 2 saturated heterocycles. The number of nitrogens with zero attached hydrogens (tertiary/aromatic N) is 3. The Morgan fingerprint density at radius 2 is 2.02 bits per heavy atom. The number of amides is 3. The first-order valence-corrected chi connectivity index (χ1v) is 15.3. The number of carbonyl (C=O) groups is 5. The molecule has 2 N–H and O–H groups in total. The van der Waals surface area contributed by atoms with Gasteiger partial charge in [0.05, 0.1) is 40.6 Å². The lowest BCUT2D eigenvalue weighted by atomic mass is 10.1. The summed E-state index contributed by atoms with van der Waals surface area (Å²) in [6.07, 6.45) is -0.816. The van der Waals surface area contributed by atoms with E-state index >= 15 is 4.39 Å². The van der Waals surface area contributed by atoms with Crippen LogP contribution in [0.2, 0.25) is 4.34 Å². The van der Waals surface area contributed by atoms with E-state index in [0.717, 1.165) is 16.2 Å². The summed E-state index contributed by atoms with van der Waals surface area (Å²) in [6, 6.07) is 5.54. The van der Waals surface area contributed by atoms with Gasteiger partial charge in [0.2, 0.25) is 0 Å². The Morgan fingerprint density at radius 3 is 2.66 bits per heavy atom. The Labute approximate surface area is 262 Å². The van der Waals surface area contributed by atoms with Gasteiger partial charge in [-0.05, 0) is 42.7 Å². The molecule has 0 bridgehead atoms. The van der Waals surface area contributed by atoms with Crippen LogP contribution >= 0.6 is 22.9 Å². The summed E-state index contributed by atoms with van der Waals surface area (Å²) in [7, 11) is 0. The molecule has 0 radical (unpaired) electrons. The van der Waals surface area contributed by atoms with Crippen molar-refractivity contribution in [3.05, 3.63) is 45.4 Å². The van der Waals surface area contributed by atoms with Crippen molar-refractivity contribution in [1.82, 2.24) is 4.90 Å². The summed E-state index contributed by atoms with van der Waals surface area (Å²) in [4.78, 5) is 66.8. The molecule has 44 heavy (non-hydrogen) atoms. The molecule has 2 fully saturated rings. The number of halogens is 2. The molecule has 0 saturated carbocycles. The van der Waals surface area contributed by atoms with E-state index in [-0.39, 0.29) is 68.1 Å². The van der Waals surface area contributed by atoms with Crippen molar-refractivity contribution in [2.45, 2.75) is 44.9 Å². The summed E-state index contributed by atoms with van der Waals surface area (Å²) in [5, 5.41) is 0. The van der Waals surface area contributed by atoms with E-state index in [9.17, 15) is 24.0 Å². The second kappa shape index (κ2) is 14.9. The number of benzene rings is 1. The van der Waals surface area contributed by atoms with Crippen molar-refractivity contribution in [2.75, 3.05) is 49.3 Å². The minimum Gasteiger partial charge on any atom is -0.462 e. The fraction of sp³-hybridized carbons (Fsp3) is 0.483. The quantitative estimate of drug-likeness (QED) is 0.254. The third-order valence-electron chi connectivity index (χ3n) is 7.31. The molecule has 3 atom stereocenters. The highest BCUT2D eigenvalue weighted by Gasteiger charge is 2.38. The molecule has 1 unspecified atom stereocenters. The average Bonchev–Trinajstić information content (AvgIpc) is 3.60. The van der Waals surface area contributed by atoms with Gasteiger partial charge in [-0.15, -0.1) is 11.3 Å². The van der Waals surface area contributed by atoms with Crippen LogP contribution in [-0.2, 0) is 28.6 Å². The van der Waals surface area contributed by atoms with Gasteiger partial charge in [-0.1, -0.05) is 25.4 Å². The normalized spacial score (nSPS) is 18.3. The maximum absolute atomic E-state index is 15.3. The van der Waals surface area contributed by atoms with Gasteiger partial charge < -0.3 is 34.5 Å². The fourth-order valence-electron chi connectivity index (χ4n) is 4.81. The first kappa shape index (κ1) is 33.3. The van der Waals surface area contributed by atoms with E-state index in [0.29, 0.717) is 22.9 Å². The second-order valence-electron chi connectivity index (χ2n) is 10.7. The molecule has 12 nitrogen and oxygen atoms in total. The topological polar surface area (TPSA) is 149 Å². The number of hydrogen-bond donors (Lipinski definition) is 1. The molecule has 0 aliphatic carbocycles. The SMILES string of the molecule is CC(C)[C@H](N)C(=O)OCC(CCC=O)N(C[C@H]1CN(c2ccc(N3CCOCC3=O)cc2F)C(=O)O1)C(=O)c1ccc(Cl)s1. The minimum atomic E-state index is -0.894. The predicted molar refractivity (Wildman–Crippen MR) is 160 cm³/mol. The van der Waals surface area contributed by atoms with Gasteiger partial charge in [0.25, 0.3) is 11.8 Å². The number of anilines is 2. The van der Waals surface area contributed by atoms with Crippen LogP contribution in [0.4, 0.5) is 20.6 Å². The third kappa shape index (κ3) is 7.92. The molecule has 0 spiro atoms. The summed E-state index contributed by atoms with van der Waals surface area (Å²) < 4.78 is 31.8. The lowest BCUT2D eigenvalue weighted by molar-refractivity contribution is -0.148. The highest BCUT2D eigenvalue weighted by molar-refractivity contribution is 7.18. The highest BCUT2D eigenvalue weighted by atomic mass is 35.5. The maximum Gasteiger partial charge on any atom is 0.414 e. The number of carbonyl (C=O) groups excluding carboxylic acids is 5. The van der Waals surface area contributed by atoms with Crippen molar-refractivity contribution in [3.8, 4) is 0 Å². The number of rotatable bonds is 13. The van der Waals surface area contributed by atoms with Crippen molar-refractivity contribution >= 4 is 64.5 Å². The number of ether oxygens (including phenoxy) is 3. The molecule has 2 aliphatic heterocycles. The number of morpholine rings is 1. The first-order chi connectivity index (χ1) is 21.0. The zero-order valence-electron chi connectivity index (χ0n) is 24.3. The van der Waals surface area contributed by atoms with E-state index in [1.165, 1.54) is 28.0 Å². The van der Waals surface area contributed by atoms with E-state index in [4.69, 9.17) is 31.5 Å². The zero-order valence-corrected chi connectivity index (χ0v) is 25.9. The fourth-order valence-corrected chi connectivity index (χ4v) is 5.81. The molecule has 2 aliphatic rings. The van der Waals surface area contributed by atoms with E-state index < -0.39 is 42.0 Å². The Hall–Kier alpha value is -3.59. The molecule has 1 aromatic carbocycles. The van der Waals surface area contributed by atoms with Crippen molar-refractivity contribution in [2.24, 2.45) is 11.7 Å². The van der Waals surface area contributed by atoms with Gasteiger partial charge in [0.15, 0.2) is 0 Å². The highest BCUT2D eigenvalue weighted by Crippen LogP contribution is 2.30. The Balaban J connectivity index is 1.54. The standard InChI is InChI=1S/C29H34ClFN4O8S/c1-17(2)26(32)28(39)42-15-19(4-3-10-36)34(27(38)23-7-8-24(30)44-23)13-20-14-35(29(40)43-20)22-6-5-18(12-21(22)31)33-9-11-41-16-25(33)37/h5-8,10,12,17,19-20,26H,3-4,9,11,13-16,32H2,1-2H3/t19?,20-,26-/m0/s1. The van der Waals surface area contributed by atoms with Gasteiger partial charge in [0.1, 0.15) is 37.5 Å². The summed E-state index contributed by atoms with van der Waals surface area (Å²) in [5.74, 6) is -2.35. The maximum atomic E-state index is 15.3. The van der Waals surface area contributed by atoms with Crippen molar-refractivity contribution < 1.29 is 42.6 Å². The predicted octanol–water partition coefficient (Wildman–Crippen LogP) is 3.25. The van der Waals surface area contributed by atoms with Crippen LogP contribution in [0, 0.1) is 11.7 Å². The van der Waals surface area contributed by atoms with Crippen LogP contribution in [0.15, 0.2) is 30.3 Å². The van der Waals surface area contributed by atoms with E-state index in [1.54, 1.807) is 26.0 Å². The Kier molecular flexibility index (Phi) is 11.3. The van der Waals surface area contributed by atoms with Crippen molar-refractivity contribution in [1.29, 1.82) is 0 Å². The van der Waals surface area contributed by atoms with Crippen LogP contribution in [0.1, 0.15) is 36.4 Å². The smallest absolute Gasteiger partial charge is 0.414 e. The molecule has 15 heteroatoms. The van der Waals surface area contributed by atoms with Gasteiger partial charge in [-0.3, -0.25) is 19.3 Å². The van der Waals surface area contributed by atoms with Gasteiger partial charge in [0, 0.05) is 18.7 Å². The van der Waals surface area contributed by atoms with Gasteiger partial charge >= 0.3 is 12.1 Å². The van der Waals surface area contributed by atoms with Crippen LogP contribution in [0.25, 0.3) is 0 Å². The van der Waals surface area contributed by atoms with E-state index in [1.807, 2.05) is 0 Å². The average molecular weight is 653 g/mol. The minimum absolute atomic E-state index is 0.0565. The summed E-state index contributed by atoms with van der Waals surface area (Å²) in [6.45, 7) is 3.53. The molecule has 2 aromatic rings. The molecular formula is C29H34ClFN4O8S.